The van der Waals surface area contributed by atoms with Gasteiger partial charge in [-0.1, -0.05) is 37.3 Å². The molecule has 1 atom stereocenters. The topological polar surface area (TPSA) is 37.3 Å². The fourth-order valence-electron chi connectivity index (χ4n) is 1.85. The van der Waals surface area contributed by atoms with Crippen LogP contribution in [-0.2, 0) is 4.79 Å². The number of rotatable bonds is 4. The molecule has 0 amide bonds. The molecule has 0 aromatic heterocycles. The summed E-state index contributed by atoms with van der Waals surface area (Å²) in [4.78, 5) is 11.0. The van der Waals surface area contributed by atoms with E-state index in [9.17, 15) is 4.79 Å². The van der Waals surface area contributed by atoms with Crippen LogP contribution in [0.25, 0.3) is 5.57 Å². The molecule has 16 heavy (non-hydrogen) atoms. The van der Waals surface area contributed by atoms with Crippen molar-refractivity contribution in [2.45, 2.75) is 33.1 Å². The SMILES string of the molecule is C/C=C(/CC)c1ccccc1C(C)C(=O)O. The van der Waals surface area contributed by atoms with Crippen molar-refractivity contribution in [1.29, 1.82) is 0 Å². The maximum atomic E-state index is 11.0. The average Bonchev–Trinajstić information content (AvgIpc) is 2.30. The van der Waals surface area contributed by atoms with Crippen molar-refractivity contribution in [3.63, 3.8) is 0 Å². The van der Waals surface area contributed by atoms with Crippen molar-refractivity contribution in [1.82, 2.24) is 0 Å². The molecule has 0 aliphatic carbocycles. The van der Waals surface area contributed by atoms with Crippen LogP contribution >= 0.6 is 0 Å². The first-order chi connectivity index (χ1) is 7.61. The van der Waals surface area contributed by atoms with Gasteiger partial charge in [0.1, 0.15) is 0 Å². The summed E-state index contributed by atoms with van der Waals surface area (Å²) in [6.07, 6.45) is 2.97. The fourth-order valence-corrected chi connectivity index (χ4v) is 1.85. The highest BCUT2D eigenvalue weighted by Crippen LogP contribution is 2.27. The number of aliphatic carboxylic acids is 1. The Morgan fingerprint density at radius 1 is 1.44 bits per heavy atom. The number of benzene rings is 1. The van der Waals surface area contributed by atoms with Gasteiger partial charge in [0.05, 0.1) is 5.92 Å². The van der Waals surface area contributed by atoms with Gasteiger partial charge < -0.3 is 5.11 Å². The van der Waals surface area contributed by atoms with Gasteiger partial charge in [-0.2, -0.15) is 0 Å². The predicted molar refractivity (Wildman–Crippen MR) is 66.4 cm³/mol. The third-order valence-corrected chi connectivity index (χ3v) is 2.87. The van der Waals surface area contributed by atoms with E-state index in [-0.39, 0.29) is 0 Å². The van der Waals surface area contributed by atoms with Crippen molar-refractivity contribution in [2.75, 3.05) is 0 Å². The molecule has 0 bridgehead atoms. The highest BCUT2D eigenvalue weighted by Gasteiger charge is 2.17. The Labute approximate surface area is 96.6 Å². The third kappa shape index (κ3) is 2.51. The van der Waals surface area contributed by atoms with Gasteiger partial charge in [-0.25, -0.2) is 0 Å². The van der Waals surface area contributed by atoms with Crippen LogP contribution in [0.1, 0.15) is 44.2 Å². The van der Waals surface area contributed by atoms with Crippen molar-refractivity contribution in [3.05, 3.63) is 41.5 Å². The van der Waals surface area contributed by atoms with Gasteiger partial charge in [-0.15, -0.1) is 0 Å². The first-order valence-corrected chi connectivity index (χ1v) is 5.59. The van der Waals surface area contributed by atoms with E-state index in [0.29, 0.717) is 0 Å². The fraction of sp³-hybridized carbons (Fsp3) is 0.357. The minimum atomic E-state index is -0.779. The first kappa shape index (κ1) is 12.5. The molecule has 1 N–H and O–H groups in total. The van der Waals surface area contributed by atoms with E-state index in [1.54, 1.807) is 6.92 Å². The molecule has 0 aliphatic rings. The lowest BCUT2D eigenvalue weighted by atomic mass is 9.90. The molecular formula is C14H18O2. The van der Waals surface area contributed by atoms with Gasteiger partial charge >= 0.3 is 5.97 Å². The molecule has 86 valence electrons. The van der Waals surface area contributed by atoms with E-state index in [0.717, 1.165) is 17.5 Å². The van der Waals surface area contributed by atoms with Crippen LogP contribution in [0.15, 0.2) is 30.3 Å². The summed E-state index contributed by atoms with van der Waals surface area (Å²) in [7, 11) is 0. The Morgan fingerprint density at radius 3 is 2.56 bits per heavy atom. The summed E-state index contributed by atoms with van der Waals surface area (Å²) in [6, 6.07) is 7.73. The van der Waals surface area contributed by atoms with Crippen LogP contribution in [0.3, 0.4) is 0 Å². The van der Waals surface area contributed by atoms with Gasteiger partial charge in [-0.3, -0.25) is 4.79 Å². The summed E-state index contributed by atoms with van der Waals surface area (Å²) in [6.45, 7) is 5.79. The van der Waals surface area contributed by atoms with Crippen LogP contribution in [-0.4, -0.2) is 11.1 Å². The number of carbonyl (C=O) groups is 1. The second-order valence-electron chi connectivity index (χ2n) is 3.81. The Bertz CT molecular complexity index is 405. The molecule has 0 radical (unpaired) electrons. The van der Waals surface area contributed by atoms with E-state index >= 15 is 0 Å². The van der Waals surface area contributed by atoms with E-state index in [1.165, 1.54) is 5.57 Å². The van der Waals surface area contributed by atoms with Crippen LogP contribution in [0.5, 0.6) is 0 Å². The molecule has 1 rings (SSSR count). The Balaban J connectivity index is 3.25. The van der Waals surface area contributed by atoms with E-state index < -0.39 is 11.9 Å². The van der Waals surface area contributed by atoms with Crippen LogP contribution in [0, 0.1) is 0 Å². The number of allylic oxidation sites excluding steroid dienone is 2. The molecule has 1 unspecified atom stereocenters. The zero-order valence-corrected chi connectivity index (χ0v) is 10.0. The van der Waals surface area contributed by atoms with Crippen molar-refractivity contribution in [3.8, 4) is 0 Å². The summed E-state index contributed by atoms with van der Waals surface area (Å²) in [5, 5.41) is 9.07. The Kier molecular flexibility index (Phi) is 4.29. The number of hydrogen-bond donors (Lipinski definition) is 1. The average molecular weight is 218 g/mol. The number of carboxylic acid groups (broad SMARTS) is 1. The lowest BCUT2D eigenvalue weighted by Gasteiger charge is -2.14. The summed E-state index contributed by atoms with van der Waals surface area (Å²) in [5.74, 6) is -1.24. The van der Waals surface area contributed by atoms with Crippen molar-refractivity contribution >= 4 is 11.5 Å². The number of carboxylic acids is 1. The molecule has 2 nitrogen and oxygen atoms in total. The molecule has 1 aromatic carbocycles. The van der Waals surface area contributed by atoms with Crippen LogP contribution < -0.4 is 0 Å². The first-order valence-electron chi connectivity index (χ1n) is 5.59. The molecule has 0 saturated carbocycles. The standard InChI is InChI=1S/C14H18O2/c1-4-11(5-2)13-9-7-6-8-12(13)10(3)14(15)16/h4,6-10H,5H2,1-3H3,(H,15,16)/b11-4-. The lowest BCUT2D eigenvalue weighted by molar-refractivity contribution is -0.138. The monoisotopic (exact) mass is 218 g/mol. The van der Waals surface area contributed by atoms with Crippen LogP contribution in [0.2, 0.25) is 0 Å². The molecular weight excluding hydrogens is 200 g/mol. The second-order valence-corrected chi connectivity index (χ2v) is 3.81. The summed E-state index contributed by atoms with van der Waals surface area (Å²) >= 11 is 0. The molecule has 0 saturated heterocycles. The van der Waals surface area contributed by atoms with Crippen molar-refractivity contribution < 1.29 is 9.90 Å². The smallest absolute Gasteiger partial charge is 0.310 e. The maximum Gasteiger partial charge on any atom is 0.310 e. The third-order valence-electron chi connectivity index (χ3n) is 2.87. The Hall–Kier alpha value is -1.57. The van der Waals surface area contributed by atoms with Gasteiger partial charge in [0.15, 0.2) is 0 Å². The van der Waals surface area contributed by atoms with E-state index in [2.05, 4.69) is 6.92 Å². The van der Waals surface area contributed by atoms with Gasteiger partial charge in [0.25, 0.3) is 0 Å². The quantitative estimate of drug-likeness (QED) is 0.836. The van der Waals surface area contributed by atoms with Gasteiger partial charge in [-0.05, 0) is 37.0 Å². The molecule has 0 aliphatic heterocycles. The normalized spacial score (nSPS) is 13.6. The van der Waals surface area contributed by atoms with Crippen molar-refractivity contribution in [2.24, 2.45) is 0 Å². The lowest BCUT2D eigenvalue weighted by Crippen LogP contribution is -2.09. The molecule has 0 spiro atoms. The van der Waals surface area contributed by atoms with Gasteiger partial charge in [0, 0.05) is 0 Å². The zero-order chi connectivity index (χ0) is 12.1. The highest BCUT2D eigenvalue weighted by molar-refractivity contribution is 5.79. The zero-order valence-electron chi connectivity index (χ0n) is 10.0. The van der Waals surface area contributed by atoms with Gasteiger partial charge in [0.2, 0.25) is 0 Å². The minimum absolute atomic E-state index is 0.460. The molecule has 0 heterocycles. The Morgan fingerprint density at radius 2 is 2.06 bits per heavy atom. The maximum absolute atomic E-state index is 11.0. The highest BCUT2D eigenvalue weighted by atomic mass is 16.4. The van der Waals surface area contributed by atoms with Crippen LogP contribution in [0.4, 0.5) is 0 Å². The summed E-state index contributed by atoms with van der Waals surface area (Å²) in [5.41, 5.74) is 3.15. The predicted octanol–water partition coefficient (Wildman–Crippen LogP) is 3.69. The molecule has 2 heteroatoms. The minimum Gasteiger partial charge on any atom is -0.481 e. The molecule has 0 fully saturated rings. The molecule has 1 aromatic rings. The van der Waals surface area contributed by atoms with E-state index in [4.69, 9.17) is 5.11 Å². The van der Waals surface area contributed by atoms with E-state index in [1.807, 2.05) is 37.3 Å². The number of hydrogen-bond acceptors (Lipinski definition) is 1. The second kappa shape index (κ2) is 5.50. The largest absolute Gasteiger partial charge is 0.481 e. The summed E-state index contributed by atoms with van der Waals surface area (Å²) < 4.78 is 0.